The van der Waals surface area contributed by atoms with Gasteiger partial charge in [-0.2, -0.15) is 10.2 Å². The Morgan fingerprint density at radius 2 is 1.84 bits per heavy atom. The summed E-state index contributed by atoms with van der Waals surface area (Å²) in [6.07, 6.45) is 4.34. The van der Waals surface area contributed by atoms with E-state index < -0.39 is 17.7 Å². The number of carbonyl (C=O) groups is 1. The average Bonchev–Trinajstić information content (AvgIpc) is 2.75. The van der Waals surface area contributed by atoms with Crippen molar-refractivity contribution in [1.82, 2.24) is 9.78 Å². The fraction of sp³-hybridized carbons (Fsp3) is 0.130. The first-order chi connectivity index (χ1) is 14.9. The summed E-state index contributed by atoms with van der Waals surface area (Å²) in [5.74, 6) is -1.45. The third kappa shape index (κ3) is 4.48. The van der Waals surface area contributed by atoms with Gasteiger partial charge in [0.25, 0.3) is 5.56 Å². The molecule has 6 nitrogen and oxygen atoms in total. The van der Waals surface area contributed by atoms with Crippen LogP contribution >= 0.6 is 0 Å². The largest absolute Gasteiger partial charge is 0.301 e. The van der Waals surface area contributed by atoms with Crippen molar-refractivity contribution in [2.24, 2.45) is 5.10 Å². The molecule has 31 heavy (non-hydrogen) atoms. The molecule has 1 aliphatic heterocycles. The molecule has 3 aromatic rings. The highest BCUT2D eigenvalue weighted by atomic mass is 19.1. The van der Waals surface area contributed by atoms with Gasteiger partial charge >= 0.3 is 0 Å². The lowest BCUT2D eigenvalue weighted by atomic mass is 10.1. The normalized spacial score (nSPS) is 15.6. The maximum Gasteiger partial charge on any atom is 0.267 e. The molecular formula is C23H18F2N4O2. The van der Waals surface area contributed by atoms with Crippen molar-refractivity contribution in [3.63, 3.8) is 0 Å². The van der Waals surface area contributed by atoms with Crippen LogP contribution < -0.4 is 10.6 Å². The number of nitrogens with zero attached hydrogens (tertiary/aromatic N) is 4. The van der Waals surface area contributed by atoms with Crippen LogP contribution in [0.2, 0.25) is 0 Å². The van der Waals surface area contributed by atoms with E-state index in [2.05, 4.69) is 10.2 Å². The molecule has 2 aromatic carbocycles. The lowest BCUT2D eigenvalue weighted by Gasteiger charge is -2.26. The summed E-state index contributed by atoms with van der Waals surface area (Å²) in [5, 5.41) is 10.3. The van der Waals surface area contributed by atoms with Crippen LogP contribution in [0.25, 0.3) is 11.3 Å². The average molecular weight is 420 g/mol. The topological polar surface area (TPSA) is 67.6 Å². The number of halogens is 2. The van der Waals surface area contributed by atoms with Crippen molar-refractivity contribution in [1.29, 1.82) is 0 Å². The summed E-state index contributed by atoms with van der Waals surface area (Å²) < 4.78 is 28.4. The van der Waals surface area contributed by atoms with Gasteiger partial charge in [0, 0.05) is 17.7 Å². The minimum Gasteiger partial charge on any atom is -0.301 e. The van der Waals surface area contributed by atoms with E-state index >= 15 is 0 Å². The molecule has 0 fully saturated rings. The Morgan fingerprint density at radius 3 is 2.58 bits per heavy atom. The second-order valence-electron chi connectivity index (χ2n) is 7.11. The summed E-state index contributed by atoms with van der Waals surface area (Å²) >= 11 is 0. The number of rotatable bonds is 5. The minimum absolute atomic E-state index is 0.135. The van der Waals surface area contributed by atoms with Crippen LogP contribution in [0.3, 0.4) is 0 Å². The van der Waals surface area contributed by atoms with Gasteiger partial charge in [-0.25, -0.2) is 13.5 Å². The number of benzene rings is 2. The highest BCUT2D eigenvalue weighted by Crippen LogP contribution is 2.23. The Kier molecular flexibility index (Phi) is 5.53. The SMILES string of the molecule is CC1=NN(c2cccc(Cn3nc(-c4cc(F)cc(F)c4)ccc3=O)c2)C(C=O)C=C1. The summed E-state index contributed by atoms with van der Waals surface area (Å²) in [4.78, 5) is 23.8. The van der Waals surface area contributed by atoms with E-state index in [4.69, 9.17) is 0 Å². The molecule has 0 saturated carbocycles. The van der Waals surface area contributed by atoms with Crippen LogP contribution in [0.15, 0.2) is 76.6 Å². The molecule has 1 atom stereocenters. The van der Waals surface area contributed by atoms with Crippen LogP contribution in [-0.4, -0.2) is 27.8 Å². The highest BCUT2D eigenvalue weighted by Gasteiger charge is 2.19. The number of allylic oxidation sites excluding steroid dienone is 1. The standard InChI is InChI=1S/C23H18F2N4O2/c1-15-5-6-21(14-30)29(26-15)20-4-2-3-16(9-20)13-28-23(31)8-7-22(27-28)17-10-18(24)12-19(25)11-17/h2-12,14,21H,13H2,1H3. The molecule has 0 N–H and O–H groups in total. The van der Waals surface area contributed by atoms with E-state index in [1.54, 1.807) is 23.2 Å². The minimum atomic E-state index is -0.724. The molecule has 0 saturated heterocycles. The van der Waals surface area contributed by atoms with Gasteiger partial charge in [-0.05, 0) is 48.9 Å². The number of aldehydes is 1. The van der Waals surface area contributed by atoms with Crippen LogP contribution in [0.5, 0.6) is 0 Å². The Balaban J connectivity index is 1.66. The Bertz CT molecular complexity index is 1250. The van der Waals surface area contributed by atoms with Crippen molar-refractivity contribution in [2.45, 2.75) is 19.5 Å². The van der Waals surface area contributed by atoms with Crippen molar-refractivity contribution in [3.05, 3.63) is 94.3 Å². The number of hydrogen-bond donors (Lipinski definition) is 0. The third-order valence-corrected chi connectivity index (χ3v) is 4.75. The molecule has 0 amide bonds. The first-order valence-corrected chi connectivity index (χ1v) is 9.54. The fourth-order valence-electron chi connectivity index (χ4n) is 3.31. The molecule has 0 radical (unpaired) electrons. The number of hydrazone groups is 1. The van der Waals surface area contributed by atoms with Crippen molar-refractivity contribution < 1.29 is 13.6 Å². The monoisotopic (exact) mass is 420 g/mol. The summed E-state index contributed by atoms with van der Waals surface area (Å²) in [6, 6.07) is 12.5. The van der Waals surface area contributed by atoms with E-state index in [1.165, 1.54) is 16.8 Å². The quantitative estimate of drug-likeness (QED) is 0.592. The second-order valence-corrected chi connectivity index (χ2v) is 7.11. The van der Waals surface area contributed by atoms with Gasteiger partial charge in [0.15, 0.2) is 0 Å². The zero-order valence-electron chi connectivity index (χ0n) is 16.6. The molecule has 0 spiro atoms. The molecule has 4 rings (SSSR count). The van der Waals surface area contributed by atoms with Gasteiger partial charge < -0.3 is 4.79 Å². The van der Waals surface area contributed by atoms with Crippen LogP contribution in [-0.2, 0) is 11.3 Å². The van der Waals surface area contributed by atoms with Crippen LogP contribution in [0.1, 0.15) is 12.5 Å². The van der Waals surface area contributed by atoms with Crippen LogP contribution in [0, 0.1) is 11.6 Å². The molecule has 1 unspecified atom stereocenters. The Morgan fingerprint density at radius 1 is 1.06 bits per heavy atom. The fourth-order valence-corrected chi connectivity index (χ4v) is 3.31. The van der Waals surface area contributed by atoms with Crippen molar-refractivity contribution in [2.75, 3.05) is 5.01 Å². The molecular weight excluding hydrogens is 402 g/mol. The predicted octanol–water partition coefficient (Wildman–Crippen LogP) is 3.56. The smallest absolute Gasteiger partial charge is 0.267 e. The first kappa shape index (κ1) is 20.3. The zero-order valence-corrected chi connectivity index (χ0v) is 16.6. The van der Waals surface area contributed by atoms with Crippen molar-refractivity contribution >= 4 is 17.7 Å². The third-order valence-electron chi connectivity index (χ3n) is 4.75. The molecule has 156 valence electrons. The lowest BCUT2D eigenvalue weighted by molar-refractivity contribution is -0.108. The van der Waals surface area contributed by atoms with Gasteiger partial charge in [-0.15, -0.1) is 0 Å². The predicted molar refractivity (Wildman–Crippen MR) is 114 cm³/mol. The van der Waals surface area contributed by atoms with Gasteiger partial charge in [-0.3, -0.25) is 9.80 Å². The lowest BCUT2D eigenvalue weighted by Crippen LogP contribution is -2.33. The number of aromatic nitrogens is 2. The Hall–Kier alpha value is -3.94. The molecule has 0 bridgehead atoms. The number of hydrogen-bond acceptors (Lipinski definition) is 5. The maximum atomic E-state index is 13.6. The second kappa shape index (κ2) is 8.43. The zero-order chi connectivity index (χ0) is 22.0. The highest BCUT2D eigenvalue weighted by molar-refractivity contribution is 5.96. The van der Waals surface area contributed by atoms with E-state index in [9.17, 15) is 18.4 Å². The first-order valence-electron chi connectivity index (χ1n) is 9.54. The van der Waals surface area contributed by atoms with E-state index in [-0.39, 0.29) is 23.4 Å². The molecule has 8 heteroatoms. The van der Waals surface area contributed by atoms with Gasteiger partial charge in [0.1, 0.15) is 24.0 Å². The summed E-state index contributed by atoms with van der Waals surface area (Å²) in [5.41, 5.74) is 2.36. The molecule has 1 aliphatic rings. The number of anilines is 1. The van der Waals surface area contributed by atoms with Gasteiger partial charge in [-0.1, -0.05) is 18.2 Å². The number of carbonyl (C=O) groups excluding carboxylic acids is 1. The Labute approximate surface area is 176 Å². The van der Waals surface area contributed by atoms with E-state index in [0.717, 1.165) is 35.8 Å². The van der Waals surface area contributed by atoms with Gasteiger partial charge in [0.2, 0.25) is 0 Å². The summed E-state index contributed by atoms with van der Waals surface area (Å²) in [6.45, 7) is 1.97. The van der Waals surface area contributed by atoms with E-state index in [1.807, 2.05) is 25.1 Å². The van der Waals surface area contributed by atoms with Crippen molar-refractivity contribution in [3.8, 4) is 11.3 Å². The molecule has 1 aromatic heterocycles. The maximum absolute atomic E-state index is 13.6. The van der Waals surface area contributed by atoms with Gasteiger partial charge in [0.05, 0.1) is 23.6 Å². The van der Waals surface area contributed by atoms with E-state index in [0.29, 0.717) is 5.69 Å². The molecule has 0 aliphatic carbocycles. The van der Waals surface area contributed by atoms with Crippen LogP contribution in [0.4, 0.5) is 14.5 Å². The summed E-state index contributed by atoms with van der Waals surface area (Å²) in [7, 11) is 0. The molecule has 2 heterocycles.